The van der Waals surface area contributed by atoms with Crippen molar-refractivity contribution in [2.45, 2.75) is 38.8 Å². The summed E-state index contributed by atoms with van der Waals surface area (Å²) >= 11 is 4.56. The van der Waals surface area contributed by atoms with Crippen LogP contribution >= 0.6 is 27.3 Å². The number of thiophene rings is 1. The molecule has 116 valence electrons. The number of halogens is 1. The summed E-state index contributed by atoms with van der Waals surface area (Å²) in [5, 5.41) is 14.1. The number of rotatable bonds is 5. The molecule has 2 unspecified atom stereocenters. The van der Waals surface area contributed by atoms with Gasteiger partial charge < -0.3 is 15.2 Å². The average molecular weight is 376 g/mol. The van der Waals surface area contributed by atoms with Crippen molar-refractivity contribution in [3.8, 4) is 0 Å². The van der Waals surface area contributed by atoms with Gasteiger partial charge in [0.15, 0.2) is 0 Å². The highest BCUT2D eigenvalue weighted by molar-refractivity contribution is 9.10. The van der Waals surface area contributed by atoms with Crippen LogP contribution in [0.3, 0.4) is 0 Å². The van der Waals surface area contributed by atoms with Crippen LogP contribution in [0.15, 0.2) is 15.9 Å². The van der Waals surface area contributed by atoms with E-state index < -0.39 is 16.9 Å². The summed E-state index contributed by atoms with van der Waals surface area (Å²) in [4.78, 5) is 24.5. The van der Waals surface area contributed by atoms with Gasteiger partial charge in [-0.2, -0.15) is 0 Å². The Morgan fingerprint density at radius 3 is 2.67 bits per heavy atom. The quantitative estimate of drug-likeness (QED) is 0.829. The maximum absolute atomic E-state index is 12.3. The van der Waals surface area contributed by atoms with Gasteiger partial charge in [-0.1, -0.05) is 13.8 Å². The number of amides is 1. The number of nitrogens with one attached hydrogen (secondary N) is 1. The molecule has 0 spiro atoms. The Bertz CT molecular complexity index is 571. The van der Waals surface area contributed by atoms with Gasteiger partial charge in [0.1, 0.15) is 5.54 Å². The molecule has 0 radical (unpaired) electrons. The molecule has 1 aliphatic rings. The Morgan fingerprint density at radius 2 is 2.24 bits per heavy atom. The van der Waals surface area contributed by atoms with E-state index in [1.54, 1.807) is 11.4 Å². The fourth-order valence-corrected chi connectivity index (χ4v) is 4.05. The second kappa shape index (κ2) is 5.70. The molecule has 21 heavy (non-hydrogen) atoms. The molecule has 2 atom stereocenters. The largest absolute Gasteiger partial charge is 0.479 e. The van der Waals surface area contributed by atoms with Crippen LogP contribution in [0.1, 0.15) is 36.9 Å². The summed E-state index contributed by atoms with van der Waals surface area (Å²) < 4.78 is 6.38. The average Bonchev–Trinajstić information content (AvgIpc) is 2.83. The second-order valence-electron chi connectivity index (χ2n) is 5.66. The van der Waals surface area contributed by atoms with Crippen molar-refractivity contribution < 1.29 is 19.4 Å². The first kappa shape index (κ1) is 16.5. The molecule has 0 aliphatic heterocycles. The lowest BCUT2D eigenvalue weighted by molar-refractivity contribution is -0.190. The van der Waals surface area contributed by atoms with Crippen LogP contribution in [0.5, 0.6) is 0 Å². The Labute approximate surface area is 135 Å². The number of carboxylic acids is 1. The van der Waals surface area contributed by atoms with E-state index in [1.165, 1.54) is 11.3 Å². The molecule has 5 nitrogen and oxygen atoms in total. The van der Waals surface area contributed by atoms with Crippen LogP contribution in [0.4, 0.5) is 0 Å². The van der Waals surface area contributed by atoms with Gasteiger partial charge in [0.05, 0.1) is 11.0 Å². The highest BCUT2D eigenvalue weighted by atomic mass is 79.9. The van der Waals surface area contributed by atoms with E-state index in [0.29, 0.717) is 11.5 Å². The minimum absolute atomic E-state index is 0.172. The van der Waals surface area contributed by atoms with Crippen LogP contribution in [0.25, 0.3) is 0 Å². The lowest BCUT2D eigenvalue weighted by Crippen LogP contribution is -2.76. The normalized spacial score (nSPS) is 27.0. The Hall–Kier alpha value is -0.920. The van der Waals surface area contributed by atoms with Crippen LogP contribution in [0.2, 0.25) is 0 Å². The molecule has 2 rings (SSSR count). The van der Waals surface area contributed by atoms with Crippen LogP contribution in [-0.4, -0.2) is 35.2 Å². The van der Waals surface area contributed by atoms with Gasteiger partial charge in [0.2, 0.25) is 0 Å². The fourth-order valence-electron chi connectivity index (χ4n) is 2.72. The first-order chi connectivity index (χ1) is 9.74. The molecule has 1 amide bonds. The standard InChI is InChI=1S/C14H18BrNO4S/c1-4-20-10-6-14(12(18)19,13(10,2)3)16-11(17)9-5-8(15)7-21-9/h5,7,10H,4,6H2,1-3H3,(H,16,17)(H,18,19). The van der Waals surface area contributed by atoms with Crippen molar-refractivity contribution in [3.63, 3.8) is 0 Å². The van der Waals surface area contributed by atoms with Crippen LogP contribution in [0, 0.1) is 5.41 Å². The van der Waals surface area contributed by atoms with Gasteiger partial charge in [0, 0.05) is 28.3 Å². The minimum Gasteiger partial charge on any atom is -0.479 e. The molecular weight excluding hydrogens is 358 g/mol. The SMILES string of the molecule is CCOC1CC(NC(=O)c2cc(Br)cs2)(C(=O)O)C1(C)C. The monoisotopic (exact) mass is 375 g/mol. The summed E-state index contributed by atoms with van der Waals surface area (Å²) in [6.07, 6.45) is 0.107. The van der Waals surface area contributed by atoms with Crippen LogP contribution in [-0.2, 0) is 9.53 Å². The molecule has 0 bridgehead atoms. The molecule has 2 N–H and O–H groups in total. The first-order valence-electron chi connectivity index (χ1n) is 6.66. The number of ether oxygens (including phenoxy) is 1. The zero-order chi connectivity index (χ0) is 15.8. The van der Waals surface area contributed by atoms with Crippen molar-refractivity contribution in [2.24, 2.45) is 5.41 Å². The number of hydrogen-bond acceptors (Lipinski definition) is 4. The minimum atomic E-state index is -1.29. The number of carbonyl (C=O) groups excluding carboxylic acids is 1. The molecule has 1 heterocycles. The van der Waals surface area contributed by atoms with E-state index in [1.807, 2.05) is 20.8 Å². The second-order valence-corrected chi connectivity index (χ2v) is 7.49. The first-order valence-corrected chi connectivity index (χ1v) is 8.33. The third-order valence-electron chi connectivity index (χ3n) is 4.25. The van der Waals surface area contributed by atoms with Crippen molar-refractivity contribution >= 4 is 39.1 Å². The van der Waals surface area contributed by atoms with Crippen LogP contribution < -0.4 is 5.32 Å². The van der Waals surface area contributed by atoms with Gasteiger partial charge in [0.25, 0.3) is 5.91 Å². The summed E-state index contributed by atoms with van der Waals surface area (Å²) in [5.74, 6) is -1.39. The molecular formula is C14H18BrNO4S. The summed E-state index contributed by atoms with van der Waals surface area (Å²) in [5.41, 5.74) is -1.96. The van der Waals surface area contributed by atoms with Crippen molar-refractivity contribution in [2.75, 3.05) is 6.61 Å². The topological polar surface area (TPSA) is 75.6 Å². The van der Waals surface area contributed by atoms with E-state index in [-0.39, 0.29) is 18.4 Å². The highest BCUT2D eigenvalue weighted by Crippen LogP contribution is 2.51. The van der Waals surface area contributed by atoms with Crippen molar-refractivity contribution in [1.29, 1.82) is 0 Å². The highest BCUT2D eigenvalue weighted by Gasteiger charge is 2.66. The van der Waals surface area contributed by atoms with Crippen molar-refractivity contribution in [1.82, 2.24) is 5.32 Å². The fraction of sp³-hybridized carbons (Fsp3) is 0.571. The Morgan fingerprint density at radius 1 is 1.57 bits per heavy atom. The van der Waals surface area contributed by atoms with Crippen molar-refractivity contribution in [3.05, 3.63) is 20.8 Å². The number of hydrogen-bond donors (Lipinski definition) is 2. The van der Waals surface area contributed by atoms with E-state index in [4.69, 9.17) is 4.74 Å². The predicted octanol–water partition coefficient (Wildman–Crippen LogP) is 2.90. The Kier molecular flexibility index (Phi) is 4.46. The van der Waals surface area contributed by atoms with Gasteiger partial charge >= 0.3 is 5.97 Å². The molecule has 7 heteroatoms. The zero-order valence-electron chi connectivity index (χ0n) is 12.1. The Balaban J connectivity index is 2.22. The molecule has 1 aliphatic carbocycles. The predicted molar refractivity (Wildman–Crippen MR) is 83.7 cm³/mol. The third kappa shape index (κ3) is 2.62. The zero-order valence-corrected chi connectivity index (χ0v) is 14.5. The number of carbonyl (C=O) groups is 2. The molecule has 1 aromatic heterocycles. The van der Waals surface area contributed by atoms with Gasteiger partial charge in [-0.25, -0.2) is 4.79 Å². The van der Waals surface area contributed by atoms with Gasteiger partial charge in [-0.3, -0.25) is 4.79 Å². The molecule has 1 aromatic rings. The molecule has 0 saturated heterocycles. The lowest BCUT2D eigenvalue weighted by Gasteiger charge is -2.58. The number of carboxylic acid groups (broad SMARTS) is 1. The van der Waals surface area contributed by atoms with E-state index in [2.05, 4.69) is 21.2 Å². The maximum Gasteiger partial charge on any atom is 0.330 e. The molecule has 1 saturated carbocycles. The van der Waals surface area contributed by atoms with Gasteiger partial charge in [-0.15, -0.1) is 11.3 Å². The van der Waals surface area contributed by atoms with E-state index in [0.717, 1.165) is 4.47 Å². The van der Waals surface area contributed by atoms with Gasteiger partial charge in [-0.05, 0) is 28.9 Å². The smallest absolute Gasteiger partial charge is 0.330 e. The third-order valence-corrected chi connectivity index (χ3v) is 5.94. The number of aliphatic carboxylic acids is 1. The molecule has 1 fully saturated rings. The summed E-state index contributed by atoms with van der Waals surface area (Å²) in [6, 6.07) is 1.68. The summed E-state index contributed by atoms with van der Waals surface area (Å²) in [6.45, 7) is 6.03. The lowest BCUT2D eigenvalue weighted by atomic mass is 9.54. The van der Waals surface area contributed by atoms with E-state index in [9.17, 15) is 14.7 Å². The summed E-state index contributed by atoms with van der Waals surface area (Å²) in [7, 11) is 0. The van der Waals surface area contributed by atoms with E-state index >= 15 is 0 Å². The molecule has 0 aromatic carbocycles. The maximum atomic E-state index is 12.3.